The third-order valence-corrected chi connectivity index (χ3v) is 3.85. The van der Waals surface area contributed by atoms with Crippen LogP contribution in [0.25, 0.3) is 0 Å². The zero-order valence-electron chi connectivity index (χ0n) is 7.74. The first-order valence-electron chi connectivity index (χ1n) is 4.33. The molecule has 0 spiro atoms. The second-order valence-electron chi connectivity index (χ2n) is 3.09. The maximum atomic E-state index is 6.26. The number of hydrogen-bond donors (Lipinski definition) is 0. The van der Waals surface area contributed by atoms with Crippen LogP contribution in [0.5, 0.6) is 0 Å². The second-order valence-corrected chi connectivity index (χ2v) is 5.46. The number of alkyl halides is 1. The third-order valence-electron chi connectivity index (χ3n) is 1.95. The Morgan fingerprint density at radius 3 is 2.93 bits per heavy atom. The van der Waals surface area contributed by atoms with Crippen LogP contribution in [0.15, 0.2) is 22.2 Å². The van der Waals surface area contributed by atoms with Gasteiger partial charge in [-0.25, -0.2) is 4.98 Å². The van der Waals surface area contributed by atoms with E-state index in [9.17, 15) is 0 Å². The maximum absolute atomic E-state index is 6.26. The molecule has 2 aromatic heterocycles. The molecule has 1 nitrogen and oxygen atoms in total. The van der Waals surface area contributed by atoms with Crippen LogP contribution in [0, 0.1) is 6.92 Å². The number of nitrogens with zero attached hydrogens (tertiary/aromatic N) is 1. The molecule has 0 saturated heterocycles. The summed E-state index contributed by atoms with van der Waals surface area (Å²) in [7, 11) is 0. The summed E-state index contributed by atoms with van der Waals surface area (Å²) in [6.07, 6.45) is 0.869. The quantitative estimate of drug-likeness (QED) is 0.742. The topological polar surface area (TPSA) is 12.9 Å². The molecule has 0 aliphatic heterocycles. The van der Waals surface area contributed by atoms with Crippen molar-refractivity contribution in [2.24, 2.45) is 0 Å². The summed E-state index contributed by atoms with van der Waals surface area (Å²) in [6.45, 7) is 2.00. The number of thiophene rings is 1. The highest BCUT2D eigenvalue weighted by atomic mass is 35.5. The minimum Gasteiger partial charge on any atom is -0.245 e. The van der Waals surface area contributed by atoms with Crippen molar-refractivity contribution >= 4 is 34.3 Å². The van der Waals surface area contributed by atoms with Crippen LogP contribution in [0.1, 0.15) is 21.6 Å². The average molecular weight is 244 g/mol. The first-order chi connectivity index (χ1) is 6.75. The van der Waals surface area contributed by atoms with Crippen molar-refractivity contribution in [3.8, 4) is 0 Å². The number of thiazole rings is 1. The van der Waals surface area contributed by atoms with Crippen molar-refractivity contribution in [3.63, 3.8) is 0 Å². The lowest BCUT2D eigenvalue weighted by atomic mass is 10.1. The molecule has 14 heavy (non-hydrogen) atoms. The molecule has 2 rings (SSSR count). The summed E-state index contributed by atoms with van der Waals surface area (Å²) < 4.78 is 0. The molecular formula is C10H10ClNS2. The number of halogens is 1. The minimum atomic E-state index is 0.00884. The first-order valence-corrected chi connectivity index (χ1v) is 6.59. The largest absolute Gasteiger partial charge is 0.245 e. The lowest BCUT2D eigenvalue weighted by Crippen LogP contribution is -1.94. The molecule has 1 atom stereocenters. The zero-order chi connectivity index (χ0) is 9.97. The molecule has 0 radical (unpaired) electrons. The summed E-state index contributed by atoms with van der Waals surface area (Å²) >= 11 is 9.62. The van der Waals surface area contributed by atoms with Gasteiger partial charge in [-0.3, -0.25) is 0 Å². The Bertz CT molecular complexity index is 394. The highest BCUT2D eigenvalue weighted by molar-refractivity contribution is 7.09. The lowest BCUT2D eigenvalue weighted by Gasteiger charge is -2.03. The fourth-order valence-corrected chi connectivity index (χ4v) is 2.96. The van der Waals surface area contributed by atoms with E-state index in [0.717, 1.165) is 17.1 Å². The molecule has 74 valence electrons. The molecular weight excluding hydrogens is 234 g/mol. The molecule has 1 unspecified atom stereocenters. The fraction of sp³-hybridized carbons (Fsp3) is 0.300. The number of aryl methyl sites for hydroxylation is 1. The van der Waals surface area contributed by atoms with Gasteiger partial charge in [-0.15, -0.1) is 22.9 Å². The zero-order valence-corrected chi connectivity index (χ0v) is 10.1. The standard InChI is InChI=1S/C10H10ClNS2/c1-7-12-10(6-14-7)9(11)4-8-2-3-13-5-8/h2-3,5-6,9H,4H2,1H3. The number of hydrogen-bond acceptors (Lipinski definition) is 3. The highest BCUT2D eigenvalue weighted by Crippen LogP contribution is 2.26. The molecule has 4 heteroatoms. The fourth-order valence-electron chi connectivity index (χ4n) is 1.24. The van der Waals surface area contributed by atoms with Gasteiger partial charge < -0.3 is 0 Å². The predicted molar refractivity (Wildman–Crippen MR) is 63.5 cm³/mol. The van der Waals surface area contributed by atoms with Gasteiger partial charge in [0.1, 0.15) is 0 Å². The molecule has 2 heterocycles. The maximum Gasteiger partial charge on any atom is 0.0897 e. The Morgan fingerprint density at radius 1 is 1.50 bits per heavy atom. The minimum absolute atomic E-state index is 0.00884. The van der Waals surface area contributed by atoms with Crippen molar-refractivity contribution in [1.29, 1.82) is 0 Å². The van der Waals surface area contributed by atoms with E-state index in [1.54, 1.807) is 22.7 Å². The summed E-state index contributed by atoms with van der Waals surface area (Å²) in [4.78, 5) is 4.38. The van der Waals surface area contributed by atoms with E-state index in [2.05, 4.69) is 21.8 Å². The van der Waals surface area contributed by atoms with Crippen LogP contribution in [-0.4, -0.2) is 4.98 Å². The van der Waals surface area contributed by atoms with Crippen molar-refractivity contribution < 1.29 is 0 Å². The van der Waals surface area contributed by atoms with Crippen molar-refractivity contribution in [1.82, 2.24) is 4.98 Å². The first kappa shape index (κ1) is 10.1. The Hall–Kier alpha value is -0.380. The lowest BCUT2D eigenvalue weighted by molar-refractivity contribution is 0.886. The van der Waals surface area contributed by atoms with E-state index in [-0.39, 0.29) is 5.38 Å². The molecule has 0 aromatic carbocycles. The van der Waals surface area contributed by atoms with E-state index >= 15 is 0 Å². The molecule has 2 aromatic rings. The van der Waals surface area contributed by atoms with Gasteiger partial charge >= 0.3 is 0 Å². The van der Waals surface area contributed by atoms with Gasteiger partial charge in [-0.1, -0.05) is 0 Å². The summed E-state index contributed by atoms with van der Waals surface area (Å²) in [6, 6.07) is 2.11. The Labute approximate surface area is 96.4 Å². The van der Waals surface area contributed by atoms with Gasteiger partial charge in [0.05, 0.1) is 16.1 Å². The molecule has 0 saturated carbocycles. The van der Waals surface area contributed by atoms with Gasteiger partial charge in [0.2, 0.25) is 0 Å². The van der Waals surface area contributed by atoms with Gasteiger partial charge in [-0.05, 0) is 35.7 Å². The SMILES string of the molecule is Cc1nc(C(Cl)Cc2ccsc2)cs1. The van der Waals surface area contributed by atoms with Crippen LogP contribution in [0.2, 0.25) is 0 Å². The number of rotatable bonds is 3. The summed E-state index contributed by atoms with van der Waals surface area (Å²) in [5.74, 6) is 0. The predicted octanol–water partition coefficient (Wildman–Crippen LogP) is 4.04. The Morgan fingerprint density at radius 2 is 2.36 bits per heavy atom. The summed E-state index contributed by atoms with van der Waals surface area (Å²) in [5, 5.41) is 7.34. The molecule has 0 fully saturated rings. The van der Waals surface area contributed by atoms with Crippen molar-refractivity contribution in [2.75, 3.05) is 0 Å². The van der Waals surface area contributed by atoms with E-state index < -0.39 is 0 Å². The molecule has 0 N–H and O–H groups in total. The average Bonchev–Trinajstić information content (AvgIpc) is 2.75. The molecule has 0 amide bonds. The van der Waals surface area contributed by atoms with Gasteiger partial charge in [0, 0.05) is 5.38 Å². The monoisotopic (exact) mass is 243 g/mol. The van der Waals surface area contributed by atoms with Gasteiger partial charge in [-0.2, -0.15) is 11.3 Å². The molecule has 0 aliphatic carbocycles. The molecule has 0 bridgehead atoms. The van der Waals surface area contributed by atoms with Crippen LogP contribution >= 0.6 is 34.3 Å². The van der Waals surface area contributed by atoms with Gasteiger partial charge in [0.25, 0.3) is 0 Å². The number of aromatic nitrogens is 1. The van der Waals surface area contributed by atoms with Crippen LogP contribution < -0.4 is 0 Å². The van der Waals surface area contributed by atoms with Gasteiger partial charge in [0.15, 0.2) is 0 Å². The normalized spacial score (nSPS) is 13.0. The van der Waals surface area contributed by atoms with Crippen LogP contribution in [-0.2, 0) is 6.42 Å². The molecule has 0 aliphatic rings. The van der Waals surface area contributed by atoms with Crippen LogP contribution in [0.3, 0.4) is 0 Å². The van der Waals surface area contributed by atoms with Crippen molar-refractivity contribution in [2.45, 2.75) is 18.7 Å². The Balaban J connectivity index is 2.06. The summed E-state index contributed by atoms with van der Waals surface area (Å²) in [5.41, 5.74) is 2.29. The van der Waals surface area contributed by atoms with Crippen molar-refractivity contribution in [3.05, 3.63) is 38.5 Å². The van der Waals surface area contributed by atoms with E-state index in [0.29, 0.717) is 0 Å². The second kappa shape index (κ2) is 4.43. The highest BCUT2D eigenvalue weighted by Gasteiger charge is 2.11. The van der Waals surface area contributed by atoms with E-state index in [4.69, 9.17) is 11.6 Å². The van der Waals surface area contributed by atoms with E-state index in [1.807, 2.05) is 12.3 Å². The van der Waals surface area contributed by atoms with E-state index in [1.165, 1.54) is 5.56 Å². The third kappa shape index (κ3) is 2.35. The van der Waals surface area contributed by atoms with Crippen LogP contribution in [0.4, 0.5) is 0 Å². The Kier molecular flexibility index (Phi) is 3.21. The smallest absolute Gasteiger partial charge is 0.0897 e.